The Morgan fingerprint density at radius 2 is 1.74 bits per heavy atom. The average Bonchev–Trinajstić information content (AvgIpc) is 2.45. The maximum atomic E-state index is 12.4. The van der Waals surface area contributed by atoms with Gasteiger partial charge in [0.15, 0.2) is 0 Å². The monoisotopic (exact) mass is 334 g/mol. The molecule has 5 nitrogen and oxygen atoms in total. The molecular formula is C15H17F3O5. The van der Waals surface area contributed by atoms with Crippen molar-refractivity contribution in [1.29, 1.82) is 0 Å². The molecule has 0 amide bonds. The van der Waals surface area contributed by atoms with Crippen molar-refractivity contribution in [3.05, 3.63) is 29.3 Å². The van der Waals surface area contributed by atoms with Crippen LogP contribution in [0.15, 0.2) is 18.2 Å². The lowest BCUT2D eigenvalue weighted by Gasteiger charge is -2.14. The summed E-state index contributed by atoms with van der Waals surface area (Å²) in [5, 5.41) is 0. The molecular weight excluding hydrogens is 317 g/mol. The van der Waals surface area contributed by atoms with Crippen molar-refractivity contribution in [1.82, 2.24) is 0 Å². The van der Waals surface area contributed by atoms with Crippen LogP contribution in [0.25, 0.3) is 0 Å². The molecule has 0 unspecified atom stereocenters. The van der Waals surface area contributed by atoms with Crippen molar-refractivity contribution in [3.63, 3.8) is 0 Å². The number of hydrogen-bond donors (Lipinski definition) is 0. The molecule has 128 valence electrons. The van der Waals surface area contributed by atoms with Gasteiger partial charge in [-0.3, -0.25) is 4.79 Å². The Morgan fingerprint density at radius 1 is 1.09 bits per heavy atom. The van der Waals surface area contributed by atoms with Crippen molar-refractivity contribution < 1.29 is 37.0 Å². The maximum Gasteiger partial charge on any atom is 0.573 e. The van der Waals surface area contributed by atoms with Crippen molar-refractivity contribution in [2.45, 2.75) is 33.1 Å². The van der Waals surface area contributed by atoms with Gasteiger partial charge < -0.3 is 14.2 Å². The second-order valence-electron chi connectivity index (χ2n) is 4.40. The highest BCUT2D eigenvalue weighted by Gasteiger charge is 2.33. The van der Waals surface area contributed by atoms with Crippen LogP contribution in [-0.2, 0) is 20.7 Å². The summed E-state index contributed by atoms with van der Waals surface area (Å²) in [6.07, 6.45) is -4.65. The molecule has 0 aliphatic heterocycles. The minimum Gasteiger partial charge on any atom is -0.466 e. The number of benzene rings is 1. The third kappa shape index (κ3) is 6.58. The predicted octanol–water partition coefficient (Wildman–Crippen LogP) is 3.26. The van der Waals surface area contributed by atoms with Crippen LogP contribution in [0.1, 0.15) is 36.2 Å². The predicted molar refractivity (Wildman–Crippen MR) is 74.0 cm³/mol. The molecule has 0 saturated carbocycles. The summed E-state index contributed by atoms with van der Waals surface area (Å²) in [4.78, 5) is 23.1. The average molecular weight is 334 g/mol. The standard InChI is InChI=1S/C15H17F3O5/c1-3-21-13(19)8-6-10-5-7-12(23-15(16,17)18)11(9-10)14(20)22-4-2/h5,7,9H,3-4,6,8H2,1-2H3. The third-order valence-corrected chi connectivity index (χ3v) is 2.69. The summed E-state index contributed by atoms with van der Waals surface area (Å²) in [7, 11) is 0. The van der Waals surface area contributed by atoms with Crippen LogP contribution >= 0.6 is 0 Å². The van der Waals surface area contributed by atoms with Gasteiger partial charge in [0.05, 0.1) is 13.2 Å². The van der Waals surface area contributed by atoms with Crippen molar-refractivity contribution in [2.75, 3.05) is 13.2 Å². The lowest BCUT2D eigenvalue weighted by atomic mass is 10.1. The molecule has 1 aromatic carbocycles. The molecule has 23 heavy (non-hydrogen) atoms. The smallest absolute Gasteiger partial charge is 0.466 e. The zero-order valence-corrected chi connectivity index (χ0v) is 12.7. The van der Waals surface area contributed by atoms with Crippen molar-refractivity contribution in [2.24, 2.45) is 0 Å². The first kappa shape index (κ1) is 18.8. The van der Waals surface area contributed by atoms with Crippen LogP contribution in [0.3, 0.4) is 0 Å². The van der Waals surface area contributed by atoms with E-state index in [1.807, 2.05) is 0 Å². The summed E-state index contributed by atoms with van der Waals surface area (Å²) < 4.78 is 50.4. The second-order valence-corrected chi connectivity index (χ2v) is 4.40. The van der Waals surface area contributed by atoms with E-state index in [1.54, 1.807) is 6.92 Å². The van der Waals surface area contributed by atoms with Gasteiger partial charge >= 0.3 is 18.3 Å². The number of esters is 2. The van der Waals surface area contributed by atoms with Gasteiger partial charge in [-0.2, -0.15) is 0 Å². The topological polar surface area (TPSA) is 61.8 Å². The Labute approximate surface area is 131 Å². The summed E-state index contributed by atoms with van der Waals surface area (Å²) >= 11 is 0. The molecule has 8 heteroatoms. The van der Waals surface area contributed by atoms with Crippen molar-refractivity contribution >= 4 is 11.9 Å². The SMILES string of the molecule is CCOC(=O)CCc1ccc(OC(F)(F)F)c(C(=O)OCC)c1. The van der Waals surface area contributed by atoms with E-state index in [2.05, 4.69) is 4.74 Å². The minimum atomic E-state index is -4.92. The third-order valence-electron chi connectivity index (χ3n) is 2.69. The highest BCUT2D eigenvalue weighted by Crippen LogP contribution is 2.28. The zero-order chi connectivity index (χ0) is 17.5. The lowest BCUT2D eigenvalue weighted by molar-refractivity contribution is -0.274. The van der Waals surface area contributed by atoms with Gasteiger partial charge in [-0.05, 0) is 38.0 Å². The Kier molecular flexibility index (Phi) is 6.87. The fraction of sp³-hybridized carbons (Fsp3) is 0.467. The fourth-order valence-electron chi connectivity index (χ4n) is 1.79. The number of ether oxygens (including phenoxy) is 3. The van der Waals surface area contributed by atoms with E-state index in [0.29, 0.717) is 5.56 Å². The molecule has 0 aliphatic carbocycles. The molecule has 0 spiro atoms. The van der Waals surface area contributed by atoms with Crippen LogP contribution in [0.2, 0.25) is 0 Å². The van der Waals surface area contributed by atoms with Gasteiger partial charge in [0.1, 0.15) is 11.3 Å². The molecule has 1 aromatic rings. The number of carbonyl (C=O) groups is 2. The number of aryl methyl sites for hydroxylation is 1. The molecule has 0 radical (unpaired) electrons. The number of carbonyl (C=O) groups excluding carboxylic acids is 2. The van der Waals surface area contributed by atoms with Gasteiger partial charge in [0.25, 0.3) is 0 Å². The van der Waals surface area contributed by atoms with Crippen LogP contribution in [0.4, 0.5) is 13.2 Å². The molecule has 0 atom stereocenters. The van der Waals surface area contributed by atoms with E-state index in [1.165, 1.54) is 19.1 Å². The van der Waals surface area contributed by atoms with E-state index in [0.717, 1.165) is 6.07 Å². The Bertz CT molecular complexity index is 555. The molecule has 0 bridgehead atoms. The normalized spacial score (nSPS) is 11.0. The Balaban J connectivity index is 2.97. The number of hydrogen-bond acceptors (Lipinski definition) is 5. The van der Waals surface area contributed by atoms with E-state index < -0.39 is 24.1 Å². The van der Waals surface area contributed by atoms with Gasteiger partial charge in [0.2, 0.25) is 0 Å². The lowest BCUT2D eigenvalue weighted by Crippen LogP contribution is -2.19. The van der Waals surface area contributed by atoms with Crippen LogP contribution in [-0.4, -0.2) is 31.5 Å². The molecule has 0 aliphatic rings. The molecule has 0 heterocycles. The number of rotatable bonds is 7. The van der Waals surface area contributed by atoms with Gasteiger partial charge in [-0.15, -0.1) is 13.2 Å². The Hall–Kier alpha value is -2.25. The largest absolute Gasteiger partial charge is 0.573 e. The van der Waals surface area contributed by atoms with Crippen molar-refractivity contribution in [3.8, 4) is 5.75 Å². The van der Waals surface area contributed by atoms with E-state index in [9.17, 15) is 22.8 Å². The first-order valence-corrected chi connectivity index (χ1v) is 6.98. The highest BCUT2D eigenvalue weighted by molar-refractivity contribution is 5.92. The summed E-state index contributed by atoms with van der Waals surface area (Å²) in [5.41, 5.74) is 0.154. The van der Waals surface area contributed by atoms with Gasteiger partial charge in [-0.1, -0.05) is 6.07 Å². The zero-order valence-electron chi connectivity index (χ0n) is 12.7. The molecule has 0 N–H and O–H groups in total. The molecule has 0 aromatic heterocycles. The number of alkyl halides is 3. The summed E-state index contributed by atoms with van der Waals surface area (Å²) in [6.45, 7) is 3.45. The van der Waals surface area contributed by atoms with E-state index in [-0.39, 0.29) is 31.6 Å². The summed E-state index contributed by atoms with van der Waals surface area (Å²) in [6, 6.07) is 3.60. The van der Waals surface area contributed by atoms with Crippen LogP contribution in [0.5, 0.6) is 5.75 Å². The molecule has 0 saturated heterocycles. The molecule has 0 fully saturated rings. The Morgan fingerprint density at radius 3 is 2.30 bits per heavy atom. The number of halogens is 3. The molecule has 1 rings (SSSR count). The second kappa shape index (κ2) is 8.40. The van der Waals surface area contributed by atoms with Crippen LogP contribution in [0, 0.1) is 0 Å². The quantitative estimate of drug-likeness (QED) is 0.716. The van der Waals surface area contributed by atoms with E-state index >= 15 is 0 Å². The minimum absolute atomic E-state index is 0.0113. The maximum absolute atomic E-state index is 12.4. The fourth-order valence-corrected chi connectivity index (χ4v) is 1.79. The van der Waals surface area contributed by atoms with Gasteiger partial charge in [-0.25, -0.2) is 4.79 Å². The first-order chi connectivity index (χ1) is 10.8. The first-order valence-electron chi connectivity index (χ1n) is 6.98. The van der Waals surface area contributed by atoms with E-state index in [4.69, 9.17) is 9.47 Å². The highest BCUT2D eigenvalue weighted by atomic mass is 19.4. The summed E-state index contributed by atoms with van der Waals surface area (Å²) in [5.74, 6) is -2.00. The van der Waals surface area contributed by atoms with Crippen LogP contribution < -0.4 is 4.74 Å². The van der Waals surface area contributed by atoms with Gasteiger partial charge in [0, 0.05) is 6.42 Å².